The first-order chi connectivity index (χ1) is 8.08. The molecule has 1 saturated carbocycles. The SMILES string of the molecule is CNCC1(CNc2ccc(C)c(C)c2C)CC1. The average Bonchev–Trinajstić information content (AvgIpc) is 3.06. The van der Waals surface area contributed by atoms with E-state index in [1.54, 1.807) is 0 Å². The van der Waals surface area contributed by atoms with E-state index < -0.39 is 0 Å². The van der Waals surface area contributed by atoms with Gasteiger partial charge in [0, 0.05) is 24.2 Å². The van der Waals surface area contributed by atoms with E-state index >= 15 is 0 Å². The fraction of sp³-hybridized carbons (Fsp3) is 0.600. The molecule has 0 aliphatic heterocycles. The number of rotatable bonds is 5. The second-order valence-electron chi connectivity index (χ2n) is 5.56. The van der Waals surface area contributed by atoms with Crippen LogP contribution < -0.4 is 10.6 Å². The van der Waals surface area contributed by atoms with Gasteiger partial charge in [-0.3, -0.25) is 0 Å². The largest absolute Gasteiger partial charge is 0.384 e. The lowest BCUT2D eigenvalue weighted by atomic mass is 10.0. The highest BCUT2D eigenvalue weighted by molar-refractivity contribution is 5.56. The minimum Gasteiger partial charge on any atom is -0.384 e. The molecule has 0 radical (unpaired) electrons. The van der Waals surface area contributed by atoms with E-state index in [4.69, 9.17) is 0 Å². The second kappa shape index (κ2) is 4.69. The first-order valence-corrected chi connectivity index (χ1v) is 6.53. The summed E-state index contributed by atoms with van der Waals surface area (Å²) in [5, 5.41) is 6.93. The molecule has 1 fully saturated rings. The van der Waals surface area contributed by atoms with Crippen LogP contribution in [0.3, 0.4) is 0 Å². The Balaban J connectivity index is 2.02. The Morgan fingerprint density at radius 1 is 1.06 bits per heavy atom. The van der Waals surface area contributed by atoms with Gasteiger partial charge in [0.2, 0.25) is 0 Å². The molecule has 94 valence electrons. The van der Waals surface area contributed by atoms with Crippen molar-refractivity contribution in [3.05, 3.63) is 28.8 Å². The van der Waals surface area contributed by atoms with Gasteiger partial charge in [-0.2, -0.15) is 0 Å². The van der Waals surface area contributed by atoms with Crippen molar-refractivity contribution >= 4 is 5.69 Å². The normalized spacial score (nSPS) is 16.9. The fourth-order valence-electron chi connectivity index (χ4n) is 2.40. The third-order valence-electron chi connectivity index (χ3n) is 4.22. The fourth-order valence-corrected chi connectivity index (χ4v) is 2.40. The number of aryl methyl sites for hydroxylation is 1. The molecule has 1 aromatic carbocycles. The number of benzene rings is 1. The first kappa shape index (κ1) is 12.4. The molecular weight excluding hydrogens is 208 g/mol. The molecule has 0 spiro atoms. The van der Waals surface area contributed by atoms with E-state index in [2.05, 4.69) is 43.5 Å². The average molecular weight is 232 g/mol. The predicted octanol–water partition coefficient (Wildman–Crippen LogP) is 3.02. The van der Waals surface area contributed by atoms with Gasteiger partial charge in [-0.15, -0.1) is 0 Å². The standard InChI is InChI=1S/C15H24N2/c1-11-5-6-14(13(3)12(11)2)17-10-15(7-8-15)9-16-4/h5-6,16-17H,7-10H2,1-4H3. The van der Waals surface area contributed by atoms with Crippen LogP contribution in [0.2, 0.25) is 0 Å². The molecule has 0 bridgehead atoms. The summed E-state index contributed by atoms with van der Waals surface area (Å²) < 4.78 is 0. The van der Waals surface area contributed by atoms with Crippen molar-refractivity contribution in [3.8, 4) is 0 Å². The molecule has 0 unspecified atom stereocenters. The number of hydrogen-bond donors (Lipinski definition) is 2. The zero-order valence-corrected chi connectivity index (χ0v) is 11.5. The molecular formula is C15H24N2. The third-order valence-corrected chi connectivity index (χ3v) is 4.22. The van der Waals surface area contributed by atoms with Crippen LogP contribution in [0.1, 0.15) is 29.5 Å². The highest BCUT2D eigenvalue weighted by Gasteiger charge is 2.41. The van der Waals surface area contributed by atoms with Gasteiger partial charge in [0.05, 0.1) is 0 Å². The van der Waals surface area contributed by atoms with Crippen LogP contribution in [-0.4, -0.2) is 20.1 Å². The van der Waals surface area contributed by atoms with Crippen LogP contribution in [0.15, 0.2) is 12.1 Å². The van der Waals surface area contributed by atoms with Crippen LogP contribution >= 0.6 is 0 Å². The van der Waals surface area contributed by atoms with Crippen molar-refractivity contribution in [2.45, 2.75) is 33.6 Å². The summed E-state index contributed by atoms with van der Waals surface area (Å²) in [4.78, 5) is 0. The summed E-state index contributed by atoms with van der Waals surface area (Å²) in [6.45, 7) is 8.81. The summed E-state index contributed by atoms with van der Waals surface area (Å²) in [5.74, 6) is 0. The lowest BCUT2D eigenvalue weighted by Crippen LogP contribution is -2.27. The van der Waals surface area contributed by atoms with Gasteiger partial charge in [-0.25, -0.2) is 0 Å². The molecule has 0 saturated heterocycles. The van der Waals surface area contributed by atoms with E-state index in [-0.39, 0.29) is 0 Å². The molecule has 2 rings (SSSR count). The molecule has 2 N–H and O–H groups in total. The number of nitrogens with one attached hydrogen (secondary N) is 2. The molecule has 2 nitrogen and oxygen atoms in total. The zero-order valence-electron chi connectivity index (χ0n) is 11.5. The van der Waals surface area contributed by atoms with Gasteiger partial charge in [0.1, 0.15) is 0 Å². The number of hydrogen-bond acceptors (Lipinski definition) is 2. The summed E-state index contributed by atoms with van der Waals surface area (Å²) in [5.41, 5.74) is 6.00. The maximum absolute atomic E-state index is 3.63. The predicted molar refractivity (Wildman–Crippen MR) is 74.7 cm³/mol. The molecule has 2 heteroatoms. The summed E-state index contributed by atoms with van der Waals surface area (Å²) in [6.07, 6.45) is 2.70. The molecule has 1 aliphatic rings. The monoisotopic (exact) mass is 232 g/mol. The zero-order chi connectivity index (χ0) is 12.5. The van der Waals surface area contributed by atoms with E-state index in [9.17, 15) is 0 Å². The lowest BCUT2D eigenvalue weighted by molar-refractivity contribution is 0.507. The first-order valence-electron chi connectivity index (χ1n) is 6.53. The van der Waals surface area contributed by atoms with Crippen molar-refractivity contribution < 1.29 is 0 Å². The van der Waals surface area contributed by atoms with Gasteiger partial charge in [0.15, 0.2) is 0 Å². The van der Waals surface area contributed by atoms with E-state index in [1.165, 1.54) is 35.2 Å². The topological polar surface area (TPSA) is 24.1 Å². The minimum atomic E-state index is 0.514. The Bertz CT molecular complexity index is 406. The Morgan fingerprint density at radius 3 is 2.35 bits per heavy atom. The summed E-state index contributed by atoms with van der Waals surface area (Å²) >= 11 is 0. The van der Waals surface area contributed by atoms with E-state index in [0.717, 1.165) is 13.1 Å². The van der Waals surface area contributed by atoms with Gasteiger partial charge in [0.25, 0.3) is 0 Å². The lowest BCUT2D eigenvalue weighted by Gasteiger charge is -2.19. The van der Waals surface area contributed by atoms with Gasteiger partial charge < -0.3 is 10.6 Å². The van der Waals surface area contributed by atoms with Gasteiger partial charge in [-0.05, 0) is 63.4 Å². The Kier molecular flexibility index (Phi) is 3.43. The van der Waals surface area contributed by atoms with E-state index in [1.807, 2.05) is 7.05 Å². The molecule has 0 heterocycles. The van der Waals surface area contributed by atoms with Gasteiger partial charge in [-0.1, -0.05) is 6.07 Å². The Hall–Kier alpha value is -1.02. The van der Waals surface area contributed by atoms with Crippen molar-refractivity contribution in [1.29, 1.82) is 0 Å². The molecule has 0 amide bonds. The molecule has 0 aromatic heterocycles. The summed E-state index contributed by atoms with van der Waals surface area (Å²) in [6, 6.07) is 4.43. The highest BCUT2D eigenvalue weighted by Crippen LogP contribution is 2.45. The van der Waals surface area contributed by atoms with Crippen molar-refractivity contribution in [1.82, 2.24) is 5.32 Å². The molecule has 1 aromatic rings. The third kappa shape index (κ3) is 2.63. The van der Waals surface area contributed by atoms with Crippen molar-refractivity contribution in [3.63, 3.8) is 0 Å². The van der Waals surface area contributed by atoms with Crippen molar-refractivity contribution in [2.75, 3.05) is 25.5 Å². The van der Waals surface area contributed by atoms with Crippen LogP contribution in [0.25, 0.3) is 0 Å². The van der Waals surface area contributed by atoms with Gasteiger partial charge >= 0.3 is 0 Å². The Labute approximate surface area is 105 Å². The van der Waals surface area contributed by atoms with E-state index in [0.29, 0.717) is 5.41 Å². The maximum atomic E-state index is 3.63. The maximum Gasteiger partial charge on any atom is 0.0372 e. The highest BCUT2D eigenvalue weighted by atomic mass is 14.9. The van der Waals surface area contributed by atoms with Crippen LogP contribution in [0.4, 0.5) is 5.69 Å². The van der Waals surface area contributed by atoms with Crippen LogP contribution in [-0.2, 0) is 0 Å². The molecule has 0 atom stereocenters. The second-order valence-corrected chi connectivity index (χ2v) is 5.56. The van der Waals surface area contributed by atoms with Crippen LogP contribution in [0, 0.1) is 26.2 Å². The molecule has 1 aliphatic carbocycles. The van der Waals surface area contributed by atoms with Crippen LogP contribution in [0.5, 0.6) is 0 Å². The summed E-state index contributed by atoms with van der Waals surface area (Å²) in [7, 11) is 2.04. The number of anilines is 1. The van der Waals surface area contributed by atoms with Crippen molar-refractivity contribution in [2.24, 2.45) is 5.41 Å². The minimum absolute atomic E-state index is 0.514. The smallest absolute Gasteiger partial charge is 0.0372 e. The Morgan fingerprint density at radius 2 is 1.76 bits per heavy atom. The quantitative estimate of drug-likeness (QED) is 0.815. The molecule has 17 heavy (non-hydrogen) atoms.